The van der Waals surface area contributed by atoms with E-state index in [4.69, 9.17) is 5.84 Å². The molecule has 0 spiro atoms. The van der Waals surface area contributed by atoms with Gasteiger partial charge in [0.15, 0.2) is 0 Å². The molecule has 16 heavy (non-hydrogen) atoms. The molecule has 2 aromatic rings. The third kappa shape index (κ3) is 2.21. The number of benzene rings is 1. The summed E-state index contributed by atoms with van der Waals surface area (Å²) in [5, 5.41) is 0. The minimum atomic E-state index is 0.667. The van der Waals surface area contributed by atoms with Gasteiger partial charge in [-0.3, -0.25) is 10.7 Å². The molecule has 0 saturated carbocycles. The van der Waals surface area contributed by atoms with Gasteiger partial charge >= 0.3 is 0 Å². The van der Waals surface area contributed by atoms with E-state index in [9.17, 15) is 0 Å². The summed E-state index contributed by atoms with van der Waals surface area (Å²) in [5.41, 5.74) is 6.07. The second-order valence-electron chi connectivity index (χ2n) is 4.05. The van der Waals surface area contributed by atoms with E-state index in [1.54, 1.807) is 0 Å². The number of fused-ring (bicyclic) bond motifs is 1. The standard InChI is InChI=1S/C11H17N5/c1-15(8-14-12)6-9-3-4-11-10(5-9)13-7-16(11)2/h3-5,7,14H,6,8,12H2,1-2H3. The van der Waals surface area contributed by atoms with E-state index >= 15 is 0 Å². The Morgan fingerprint density at radius 2 is 2.31 bits per heavy atom. The van der Waals surface area contributed by atoms with Crippen LogP contribution in [0.15, 0.2) is 24.5 Å². The molecule has 86 valence electrons. The molecule has 1 heterocycles. The predicted molar refractivity (Wildman–Crippen MR) is 64.4 cm³/mol. The van der Waals surface area contributed by atoms with Gasteiger partial charge in [-0.05, 0) is 24.7 Å². The summed E-state index contributed by atoms with van der Waals surface area (Å²) in [6, 6.07) is 6.33. The number of imidazole rings is 1. The lowest BCUT2D eigenvalue weighted by Gasteiger charge is -2.15. The predicted octanol–water partition coefficient (Wildman–Crippen LogP) is 0.426. The lowest BCUT2D eigenvalue weighted by molar-refractivity contribution is 0.301. The van der Waals surface area contributed by atoms with Crippen LogP contribution in [0.4, 0.5) is 0 Å². The Morgan fingerprint density at radius 1 is 1.50 bits per heavy atom. The topological polar surface area (TPSA) is 59.1 Å². The van der Waals surface area contributed by atoms with Gasteiger partial charge in [0.25, 0.3) is 0 Å². The number of nitrogens with one attached hydrogen (secondary N) is 1. The molecule has 0 saturated heterocycles. The Labute approximate surface area is 94.8 Å². The van der Waals surface area contributed by atoms with Crippen molar-refractivity contribution in [2.45, 2.75) is 6.54 Å². The molecule has 0 fully saturated rings. The van der Waals surface area contributed by atoms with Crippen LogP contribution in [0.2, 0.25) is 0 Å². The summed E-state index contributed by atoms with van der Waals surface area (Å²) < 4.78 is 2.02. The number of hydrazine groups is 1. The van der Waals surface area contributed by atoms with Crippen molar-refractivity contribution in [2.24, 2.45) is 12.9 Å². The molecule has 0 aliphatic rings. The summed E-state index contributed by atoms with van der Waals surface area (Å²) in [6.07, 6.45) is 1.83. The normalized spacial score (nSPS) is 11.5. The summed E-state index contributed by atoms with van der Waals surface area (Å²) in [6.45, 7) is 1.52. The van der Waals surface area contributed by atoms with Gasteiger partial charge < -0.3 is 4.57 Å². The zero-order valence-electron chi connectivity index (χ0n) is 9.64. The van der Waals surface area contributed by atoms with Gasteiger partial charge in [0.05, 0.1) is 24.0 Å². The van der Waals surface area contributed by atoms with Crippen molar-refractivity contribution in [1.82, 2.24) is 19.9 Å². The lowest BCUT2D eigenvalue weighted by Crippen LogP contribution is -2.34. The smallest absolute Gasteiger partial charge is 0.0955 e. The van der Waals surface area contributed by atoms with Gasteiger partial charge in [0, 0.05) is 13.6 Å². The number of nitrogens with zero attached hydrogens (tertiary/aromatic N) is 3. The first-order valence-corrected chi connectivity index (χ1v) is 5.22. The minimum Gasteiger partial charge on any atom is -0.334 e. The highest BCUT2D eigenvalue weighted by Crippen LogP contribution is 2.14. The monoisotopic (exact) mass is 219 g/mol. The maximum atomic E-state index is 5.27. The number of hydrogen-bond donors (Lipinski definition) is 2. The number of aryl methyl sites for hydroxylation is 1. The molecule has 1 aromatic heterocycles. The van der Waals surface area contributed by atoms with Crippen LogP contribution in [-0.2, 0) is 13.6 Å². The van der Waals surface area contributed by atoms with Crippen molar-refractivity contribution in [1.29, 1.82) is 0 Å². The summed E-state index contributed by atoms with van der Waals surface area (Å²) in [4.78, 5) is 6.44. The first-order chi connectivity index (χ1) is 7.70. The van der Waals surface area contributed by atoms with Gasteiger partial charge in [-0.25, -0.2) is 10.4 Å². The number of aromatic nitrogens is 2. The Kier molecular flexibility index (Phi) is 3.19. The van der Waals surface area contributed by atoms with E-state index < -0.39 is 0 Å². The maximum Gasteiger partial charge on any atom is 0.0955 e. The fraction of sp³-hybridized carbons (Fsp3) is 0.364. The van der Waals surface area contributed by atoms with Crippen molar-refractivity contribution in [3.8, 4) is 0 Å². The number of nitrogens with two attached hydrogens (primary N) is 1. The van der Waals surface area contributed by atoms with Gasteiger partial charge in [-0.2, -0.15) is 0 Å². The molecular formula is C11H17N5. The van der Waals surface area contributed by atoms with Gasteiger partial charge in [0.2, 0.25) is 0 Å². The van der Waals surface area contributed by atoms with E-state index in [1.165, 1.54) is 5.56 Å². The van der Waals surface area contributed by atoms with E-state index in [-0.39, 0.29) is 0 Å². The quantitative estimate of drug-likeness (QED) is 0.445. The van der Waals surface area contributed by atoms with Gasteiger partial charge in [0.1, 0.15) is 0 Å². The van der Waals surface area contributed by atoms with Crippen LogP contribution < -0.4 is 11.3 Å². The van der Waals surface area contributed by atoms with Crippen LogP contribution >= 0.6 is 0 Å². The second kappa shape index (κ2) is 4.61. The van der Waals surface area contributed by atoms with Crippen LogP contribution in [-0.4, -0.2) is 28.2 Å². The lowest BCUT2D eigenvalue weighted by atomic mass is 10.2. The van der Waals surface area contributed by atoms with Gasteiger partial charge in [-0.1, -0.05) is 6.07 Å². The van der Waals surface area contributed by atoms with Crippen molar-refractivity contribution in [2.75, 3.05) is 13.7 Å². The highest BCUT2D eigenvalue weighted by Gasteiger charge is 2.03. The van der Waals surface area contributed by atoms with Crippen LogP contribution in [0, 0.1) is 0 Å². The van der Waals surface area contributed by atoms with Crippen molar-refractivity contribution in [3.05, 3.63) is 30.1 Å². The highest BCUT2D eigenvalue weighted by molar-refractivity contribution is 5.75. The van der Waals surface area contributed by atoms with Crippen LogP contribution in [0.1, 0.15) is 5.56 Å². The number of hydrogen-bond acceptors (Lipinski definition) is 4. The molecule has 3 N–H and O–H groups in total. The molecule has 0 unspecified atom stereocenters. The zero-order chi connectivity index (χ0) is 11.5. The molecule has 2 rings (SSSR count). The van der Waals surface area contributed by atoms with E-state index in [0.29, 0.717) is 6.67 Å². The third-order valence-corrected chi connectivity index (χ3v) is 2.60. The Bertz CT molecular complexity index is 476. The number of rotatable bonds is 4. The minimum absolute atomic E-state index is 0.667. The maximum absolute atomic E-state index is 5.27. The Morgan fingerprint density at radius 3 is 3.06 bits per heavy atom. The zero-order valence-corrected chi connectivity index (χ0v) is 9.64. The average Bonchev–Trinajstić information content (AvgIpc) is 2.60. The largest absolute Gasteiger partial charge is 0.334 e. The summed E-state index contributed by atoms with van der Waals surface area (Å²) in [5.74, 6) is 5.27. The highest BCUT2D eigenvalue weighted by atomic mass is 15.3. The van der Waals surface area contributed by atoms with E-state index in [2.05, 4.69) is 33.5 Å². The van der Waals surface area contributed by atoms with Crippen molar-refractivity contribution in [3.63, 3.8) is 0 Å². The van der Waals surface area contributed by atoms with Crippen molar-refractivity contribution < 1.29 is 0 Å². The molecule has 0 bridgehead atoms. The Balaban J connectivity index is 2.19. The molecular weight excluding hydrogens is 202 g/mol. The van der Waals surface area contributed by atoms with E-state index in [0.717, 1.165) is 17.6 Å². The van der Waals surface area contributed by atoms with E-state index in [1.807, 2.05) is 25.0 Å². The van der Waals surface area contributed by atoms with Crippen LogP contribution in [0.25, 0.3) is 11.0 Å². The average molecular weight is 219 g/mol. The molecule has 0 radical (unpaired) electrons. The molecule has 5 heteroatoms. The second-order valence-corrected chi connectivity index (χ2v) is 4.05. The molecule has 0 aliphatic heterocycles. The SMILES string of the molecule is CN(CNN)Cc1ccc2c(c1)ncn2C. The summed E-state index contributed by atoms with van der Waals surface area (Å²) >= 11 is 0. The fourth-order valence-electron chi connectivity index (χ4n) is 1.80. The first kappa shape index (κ1) is 11.1. The molecule has 0 amide bonds. The first-order valence-electron chi connectivity index (χ1n) is 5.22. The molecule has 5 nitrogen and oxygen atoms in total. The molecule has 0 atom stereocenters. The molecule has 1 aromatic carbocycles. The Hall–Kier alpha value is -1.43. The summed E-state index contributed by atoms with van der Waals surface area (Å²) in [7, 11) is 4.02. The van der Waals surface area contributed by atoms with Crippen LogP contribution in [0.5, 0.6) is 0 Å². The van der Waals surface area contributed by atoms with Crippen LogP contribution in [0.3, 0.4) is 0 Å². The third-order valence-electron chi connectivity index (χ3n) is 2.60. The molecule has 0 aliphatic carbocycles. The van der Waals surface area contributed by atoms with Gasteiger partial charge in [-0.15, -0.1) is 0 Å². The fourth-order valence-corrected chi connectivity index (χ4v) is 1.80. The van der Waals surface area contributed by atoms with Crippen molar-refractivity contribution >= 4 is 11.0 Å².